The average molecular weight is 476 g/mol. The molecular formula is C19H33IN4O2. The summed E-state index contributed by atoms with van der Waals surface area (Å²) in [6.07, 6.45) is 3.47. The van der Waals surface area contributed by atoms with E-state index in [-0.39, 0.29) is 24.0 Å². The van der Waals surface area contributed by atoms with Gasteiger partial charge in [0.2, 0.25) is 0 Å². The van der Waals surface area contributed by atoms with Crippen molar-refractivity contribution in [3.8, 4) is 11.5 Å². The summed E-state index contributed by atoms with van der Waals surface area (Å²) in [5.74, 6) is 3.09. The van der Waals surface area contributed by atoms with Gasteiger partial charge in [-0.25, -0.2) is 0 Å². The Morgan fingerprint density at radius 3 is 2.65 bits per heavy atom. The summed E-state index contributed by atoms with van der Waals surface area (Å²) in [6.45, 7) is 4.17. The normalized spacial score (nSPS) is 18.0. The number of aliphatic imine (C=N–C) groups is 1. The molecule has 2 rings (SSSR count). The van der Waals surface area contributed by atoms with Crippen LogP contribution in [0.3, 0.4) is 0 Å². The number of likely N-dealkylation sites (tertiary alicyclic amines) is 1. The van der Waals surface area contributed by atoms with Gasteiger partial charge in [0.1, 0.15) is 0 Å². The molecular weight excluding hydrogens is 443 g/mol. The topological polar surface area (TPSA) is 58.1 Å². The van der Waals surface area contributed by atoms with Gasteiger partial charge < -0.3 is 25.0 Å². The number of piperidine rings is 1. The molecule has 1 aromatic rings. The van der Waals surface area contributed by atoms with E-state index in [4.69, 9.17) is 9.47 Å². The van der Waals surface area contributed by atoms with Crippen LogP contribution in [0.4, 0.5) is 0 Å². The second kappa shape index (κ2) is 12.2. The molecule has 6 nitrogen and oxygen atoms in total. The van der Waals surface area contributed by atoms with Gasteiger partial charge in [-0.2, -0.15) is 0 Å². The van der Waals surface area contributed by atoms with E-state index in [2.05, 4.69) is 33.6 Å². The van der Waals surface area contributed by atoms with Crippen molar-refractivity contribution < 1.29 is 9.47 Å². The zero-order valence-electron chi connectivity index (χ0n) is 16.4. The molecule has 1 aliphatic heterocycles. The molecule has 1 unspecified atom stereocenters. The van der Waals surface area contributed by atoms with Crippen molar-refractivity contribution in [3.05, 3.63) is 23.8 Å². The second-order valence-corrected chi connectivity index (χ2v) is 6.59. The minimum atomic E-state index is 0. The first-order valence-electron chi connectivity index (χ1n) is 9.00. The van der Waals surface area contributed by atoms with Crippen molar-refractivity contribution in [2.45, 2.75) is 19.3 Å². The van der Waals surface area contributed by atoms with Gasteiger partial charge in [-0.1, -0.05) is 6.07 Å². The first-order chi connectivity index (χ1) is 12.2. The van der Waals surface area contributed by atoms with Gasteiger partial charge in [-0.15, -0.1) is 24.0 Å². The molecule has 1 saturated heterocycles. The number of hydrogen-bond donors (Lipinski definition) is 2. The molecule has 7 heteroatoms. The zero-order chi connectivity index (χ0) is 18.1. The van der Waals surface area contributed by atoms with Crippen LogP contribution in [0.25, 0.3) is 0 Å². The Morgan fingerprint density at radius 2 is 2.00 bits per heavy atom. The highest BCUT2D eigenvalue weighted by molar-refractivity contribution is 14.0. The van der Waals surface area contributed by atoms with Crippen molar-refractivity contribution in [2.75, 3.05) is 54.5 Å². The number of hydrogen-bond acceptors (Lipinski definition) is 4. The number of nitrogens with zero attached hydrogens (tertiary/aromatic N) is 2. The number of benzene rings is 1. The Labute approximate surface area is 174 Å². The van der Waals surface area contributed by atoms with E-state index < -0.39 is 0 Å². The smallest absolute Gasteiger partial charge is 0.190 e. The molecule has 1 heterocycles. The van der Waals surface area contributed by atoms with Crippen LogP contribution >= 0.6 is 24.0 Å². The van der Waals surface area contributed by atoms with Gasteiger partial charge in [-0.05, 0) is 56.5 Å². The molecule has 0 saturated carbocycles. The highest BCUT2D eigenvalue weighted by atomic mass is 127. The Hall–Kier alpha value is -1.22. The minimum Gasteiger partial charge on any atom is -0.493 e. The molecule has 26 heavy (non-hydrogen) atoms. The maximum atomic E-state index is 5.35. The molecule has 1 aromatic carbocycles. The second-order valence-electron chi connectivity index (χ2n) is 6.59. The largest absolute Gasteiger partial charge is 0.493 e. The zero-order valence-corrected chi connectivity index (χ0v) is 18.7. The molecule has 1 aliphatic rings. The number of guanidine groups is 1. The monoisotopic (exact) mass is 476 g/mol. The van der Waals surface area contributed by atoms with Crippen LogP contribution in [-0.2, 0) is 6.42 Å². The van der Waals surface area contributed by atoms with Crippen molar-refractivity contribution in [3.63, 3.8) is 0 Å². The van der Waals surface area contributed by atoms with E-state index in [9.17, 15) is 0 Å². The standard InChI is InChI=1S/C19H32N4O2.HI/c1-20-19(22-13-16-6-5-11-23(2)14-16)21-10-9-15-7-8-17(24-3)18(12-15)25-4;/h7-8,12,16H,5-6,9-11,13-14H2,1-4H3,(H2,20,21,22);1H. The van der Waals surface area contributed by atoms with Gasteiger partial charge in [0, 0.05) is 26.7 Å². The maximum absolute atomic E-state index is 5.35. The fourth-order valence-electron chi connectivity index (χ4n) is 3.26. The molecule has 0 spiro atoms. The molecule has 148 valence electrons. The van der Waals surface area contributed by atoms with E-state index in [0.29, 0.717) is 5.92 Å². The van der Waals surface area contributed by atoms with Crippen LogP contribution in [0.5, 0.6) is 11.5 Å². The van der Waals surface area contributed by atoms with Crippen LogP contribution in [0.2, 0.25) is 0 Å². The summed E-state index contributed by atoms with van der Waals surface area (Å²) in [5.41, 5.74) is 1.20. The fraction of sp³-hybridized carbons (Fsp3) is 0.632. The number of rotatable bonds is 7. The third-order valence-electron chi connectivity index (χ3n) is 4.66. The van der Waals surface area contributed by atoms with E-state index >= 15 is 0 Å². The van der Waals surface area contributed by atoms with Gasteiger partial charge >= 0.3 is 0 Å². The Bertz CT molecular complexity index is 568. The number of ether oxygens (including phenoxy) is 2. The SMILES string of the molecule is CN=C(NCCc1ccc(OC)c(OC)c1)NCC1CCCN(C)C1.I. The third-order valence-corrected chi connectivity index (χ3v) is 4.66. The van der Waals surface area contributed by atoms with Crippen molar-refractivity contribution in [1.82, 2.24) is 15.5 Å². The van der Waals surface area contributed by atoms with Gasteiger partial charge in [-0.3, -0.25) is 4.99 Å². The maximum Gasteiger partial charge on any atom is 0.190 e. The van der Waals surface area contributed by atoms with Crippen LogP contribution in [0.15, 0.2) is 23.2 Å². The average Bonchev–Trinajstić information content (AvgIpc) is 2.64. The first kappa shape index (κ1) is 22.8. The molecule has 1 atom stereocenters. The number of methoxy groups -OCH3 is 2. The molecule has 0 radical (unpaired) electrons. The lowest BCUT2D eigenvalue weighted by atomic mass is 9.99. The highest BCUT2D eigenvalue weighted by Crippen LogP contribution is 2.27. The predicted molar refractivity (Wildman–Crippen MR) is 118 cm³/mol. The van der Waals surface area contributed by atoms with Crippen molar-refractivity contribution >= 4 is 29.9 Å². The van der Waals surface area contributed by atoms with E-state index in [0.717, 1.165) is 43.5 Å². The van der Waals surface area contributed by atoms with Crippen LogP contribution in [-0.4, -0.2) is 65.4 Å². The van der Waals surface area contributed by atoms with Gasteiger partial charge in [0.15, 0.2) is 17.5 Å². The number of halogens is 1. The Balaban J connectivity index is 0.00000338. The molecule has 0 aliphatic carbocycles. The van der Waals surface area contributed by atoms with E-state index in [1.807, 2.05) is 19.2 Å². The van der Waals surface area contributed by atoms with Crippen molar-refractivity contribution in [1.29, 1.82) is 0 Å². The number of nitrogens with one attached hydrogen (secondary N) is 2. The molecule has 0 amide bonds. The third kappa shape index (κ3) is 7.19. The minimum absolute atomic E-state index is 0. The lowest BCUT2D eigenvalue weighted by Crippen LogP contribution is -2.44. The highest BCUT2D eigenvalue weighted by Gasteiger charge is 2.17. The summed E-state index contributed by atoms with van der Waals surface area (Å²) >= 11 is 0. The summed E-state index contributed by atoms with van der Waals surface area (Å²) in [6, 6.07) is 6.03. The van der Waals surface area contributed by atoms with E-state index in [1.54, 1.807) is 14.2 Å². The lowest BCUT2D eigenvalue weighted by molar-refractivity contribution is 0.210. The van der Waals surface area contributed by atoms with Gasteiger partial charge in [0.25, 0.3) is 0 Å². The van der Waals surface area contributed by atoms with Crippen molar-refractivity contribution in [2.24, 2.45) is 10.9 Å². The Kier molecular flexibility index (Phi) is 10.7. The molecule has 0 aromatic heterocycles. The van der Waals surface area contributed by atoms with Crippen LogP contribution < -0.4 is 20.1 Å². The fourth-order valence-corrected chi connectivity index (χ4v) is 3.26. The summed E-state index contributed by atoms with van der Waals surface area (Å²) in [4.78, 5) is 6.73. The van der Waals surface area contributed by atoms with E-state index in [1.165, 1.54) is 24.9 Å². The summed E-state index contributed by atoms with van der Waals surface area (Å²) < 4.78 is 10.6. The van der Waals surface area contributed by atoms with Crippen LogP contribution in [0, 0.1) is 5.92 Å². The predicted octanol–water partition coefficient (Wildman–Crippen LogP) is 2.37. The Morgan fingerprint density at radius 1 is 1.23 bits per heavy atom. The molecule has 2 N–H and O–H groups in total. The molecule has 1 fully saturated rings. The summed E-state index contributed by atoms with van der Waals surface area (Å²) in [5, 5.41) is 6.84. The lowest BCUT2D eigenvalue weighted by Gasteiger charge is -2.30. The quantitative estimate of drug-likeness (QED) is 0.360. The first-order valence-corrected chi connectivity index (χ1v) is 9.00. The van der Waals surface area contributed by atoms with Crippen LogP contribution in [0.1, 0.15) is 18.4 Å². The summed E-state index contributed by atoms with van der Waals surface area (Å²) in [7, 11) is 7.33. The molecule has 0 bridgehead atoms. The van der Waals surface area contributed by atoms with Gasteiger partial charge in [0.05, 0.1) is 14.2 Å².